The minimum absolute atomic E-state index is 0.0306. The summed E-state index contributed by atoms with van der Waals surface area (Å²) in [7, 11) is 0. The van der Waals surface area contributed by atoms with Crippen molar-refractivity contribution in [3.8, 4) is 0 Å². The molecule has 2 amide bonds. The van der Waals surface area contributed by atoms with E-state index < -0.39 is 11.4 Å². The molecule has 0 unspecified atom stereocenters. The van der Waals surface area contributed by atoms with Crippen LogP contribution in [0, 0.1) is 11.3 Å². The quantitative estimate of drug-likeness (QED) is 0.802. The average Bonchev–Trinajstić information content (AvgIpc) is 3.20. The molecule has 0 spiro atoms. The number of carbonyl (C=O) groups excluding carboxylic acids is 1. The molecule has 0 aromatic carbocycles. The number of nitrogens with one attached hydrogen (secondary N) is 1. The highest BCUT2D eigenvalue weighted by Crippen LogP contribution is 2.35. The van der Waals surface area contributed by atoms with Crippen molar-refractivity contribution >= 4 is 12.0 Å². The molecule has 5 heteroatoms. The Morgan fingerprint density at radius 2 is 1.94 bits per heavy atom. The third-order valence-electron chi connectivity index (χ3n) is 4.38. The molecule has 1 heterocycles. The lowest BCUT2D eigenvalue weighted by Crippen LogP contribution is -2.49. The second-order valence-electron chi connectivity index (χ2n) is 5.56. The number of carboxylic acids is 1. The van der Waals surface area contributed by atoms with Crippen molar-refractivity contribution in [1.29, 1.82) is 0 Å². The lowest BCUT2D eigenvalue weighted by atomic mass is 9.76. The third kappa shape index (κ3) is 2.76. The molecule has 2 N–H and O–H groups in total. The second kappa shape index (κ2) is 5.16. The third-order valence-corrected chi connectivity index (χ3v) is 4.38. The van der Waals surface area contributed by atoms with E-state index in [0.717, 1.165) is 6.54 Å². The van der Waals surface area contributed by atoms with Gasteiger partial charge in [0, 0.05) is 19.6 Å². The monoisotopic (exact) mass is 254 g/mol. The fraction of sp³-hybridized carbons (Fsp3) is 0.846. The van der Waals surface area contributed by atoms with E-state index in [2.05, 4.69) is 5.32 Å². The zero-order chi connectivity index (χ0) is 13.2. The Kier molecular flexibility index (Phi) is 3.78. The average molecular weight is 254 g/mol. The van der Waals surface area contributed by atoms with E-state index in [4.69, 9.17) is 0 Å². The molecular formula is C13H22N2O3. The van der Waals surface area contributed by atoms with Crippen LogP contribution in [0.4, 0.5) is 4.79 Å². The number of hydrogen-bond acceptors (Lipinski definition) is 2. The van der Waals surface area contributed by atoms with Gasteiger partial charge in [-0.25, -0.2) is 4.79 Å². The molecule has 0 bridgehead atoms. The smallest absolute Gasteiger partial charge is 0.317 e. The Hall–Kier alpha value is -1.26. The molecule has 1 saturated heterocycles. The Morgan fingerprint density at radius 3 is 2.39 bits per heavy atom. The van der Waals surface area contributed by atoms with Gasteiger partial charge in [0.1, 0.15) is 0 Å². The summed E-state index contributed by atoms with van der Waals surface area (Å²) in [5.74, 6) is -0.0458. The van der Waals surface area contributed by atoms with Crippen LogP contribution in [0.1, 0.15) is 39.0 Å². The lowest BCUT2D eigenvalue weighted by Gasteiger charge is -2.38. The lowest BCUT2D eigenvalue weighted by molar-refractivity contribution is -0.151. The molecule has 0 aromatic rings. The summed E-state index contributed by atoms with van der Waals surface area (Å²) in [6.07, 6.45) is 4.21. The van der Waals surface area contributed by atoms with Crippen molar-refractivity contribution < 1.29 is 14.7 Å². The molecule has 1 saturated carbocycles. The molecular weight excluding hydrogens is 232 g/mol. The van der Waals surface area contributed by atoms with Gasteiger partial charge in [0.15, 0.2) is 0 Å². The van der Waals surface area contributed by atoms with Crippen LogP contribution in [-0.4, -0.2) is 41.6 Å². The minimum Gasteiger partial charge on any atom is -0.481 e. The molecule has 0 aromatic heterocycles. The predicted molar refractivity (Wildman–Crippen MR) is 67.3 cm³/mol. The van der Waals surface area contributed by atoms with Crippen LogP contribution in [-0.2, 0) is 4.79 Å². The van der Waals surface area contributed by atoms with E-state index in [-0.39, 0.29) is 6.03 Å². The van der Waals surface area contributed by atoms with Crippen LogP contribution in [0.5, 0.6) is 0 Å². The van der Waals surface area contributed by atoms with Crippen LogP contribution >= 0.6 is 0 Å². The molecule has 2 rings (SSSR count). The Labute approximate surface area is 108 Å². The van der Waals surface area contributed by atoms with Gasteiger partial charge in [0.25, 0.3) is 0 Å². The van der Waals surface area contributed by atoms with E-state index in [1.54, 1.807) is 4.90 Å². The zero-order valence-electron chi connectivity index (χ0n) is 10.9. The SMILES string of the molecule is CCC1(C(=O)O)CCN(C(=O)NCC2CC2)CC1. The van der Waals surface area contributed by atoms with Gasteiger partial charge in [-0.3, -0.25) is 4.79 Å². The molecule has 2 fully saturated rings. The van der Waals surface area contributed by atoms with Gasteiger partial charge in [-0.05, 0) is 38.0 Å². The molecule has 2 aliphatic rings. The Balaban J connectivity index is 1.81. The zero-order valence-corrected chi connectivity index (χ0v) is 10.9. The maximum absolute atomic E-state index is 11.9. The highest BCUT2D eigenvalue weighted by atomic mass is 16.4. The van der Waals surface area contributed by atoms with E-state index in [1.165, 1.54) is 12.8 Å². The second-order valence-corrected chi connectivity index (χ2v) is 5.56. The topological polar surface area (TPSA) is 69.6 Å². The van der Waals surface area contributed by atoms with Crippen molar-refractivity contribution in [2.75, 3.05) is 19.6 Å². The van der Waals surface area contributed by atoms with E-state index >= 15 is 0 Å². The van der Waals surface area contributed by atoms with Crippen LogP contribution in [0.25, 0.3) is 0 Å². The van der Waals surface area contributed by atoms with Gasteiger partial charge >= 0.3 is 12.0 Å². The number of carbonyl (C=O) groups is 2. The summed E-state index contributed by atoms with van der Waals surface area (Å²) < 4.78 is 0. The van der Waals surface area contributed by atoms with Crippen molar-refractivity contribution in [3.63, 3.8) is 0 Å². The van der Waals surface area contributed by atoms with Gasteiger partial charge in [-0.2, -0.15) is 0 Å². The van der Waals surface area contributed by atoms with Gasteiger partial charge in [0.05, 0.1) is 5.41 Å². The summed E-state index contributed by atoms with van der Waals surface area (Å²) in [6, 6.07) is -0.0306. The van der Waals surface area contributed by atoms with Crippen molar-refractivity contribution in [3.05, 3.63) is 0 Å². The molecule has 0 atom stereocenters. The number of hydrogen-bond donors (Lipinski definition) is 2. The van der Waals surface area contributed by atoms with Crippen molar-refractivity contribution in [1.82, 2.24) is 10.2 Å². The summed E-state index contributed by atoms with van der Waals surface area (Å²) in [5.41, 5.74) is -0.618. The number of urea groups is 1. The maximum Gasteiger partial charge on any atom is 0.317 e. The van der Waals surface area contributed by atoms with Crippen LogP contribution in [0.3, 0.4) is 0 Å². The molecule has 18 heavy (non-hydrogen) atoms. The fourth-order valence-corrected chi connectivity index (χ4v) is 2.52. The number of amides is 2. The molecule has 1 aliphatic carbocycles. The predicted octanol–water partition coefficient (Wildman–Crippen LogP) is 1.68. The largest absolute Gasteiger partial charge is 0.481 e. The fourth-order valence-electron chi connectivity index (χ4n) is 2.52. The molecule has 1 aliphatic heterocycles. The van der Waals surface area contributed by atoms with Crippen molar-refractivity contribution in [2.45, 2.75) is 39.0 Å². The first-order valence-electron chi connectivity index (χ1n) is 6.83. The van der Waals surface area contributed by atoms with E-state index in [1.807, 2.05) is 6.92 Å². The van der Waals surface area contributed by atoms with Gasteiger partial charge in [0.2, 0.25) is 0 Å². The van der Waals surface area contributed by atoms with Gasteiger partial charge in [-0.15, -0.1) is 0 Å². The number of likely N-dealkylation sites (tertiary alicyclic amines) is 1. The number of aliphatic carboxylic acids is 1. The number of carboxylic acid groups (broad SMARTS) is 1. The highest BCUT2D eigenvalue weighted by molar-refractivity contribution is 5.77. The summed E-state index contributed by atoms with van der Waals surface area (Å²) in [4.78, 5) is 24.9. The standard InChI is InChI=1S/C13H22N2O3/c1-2-13(11(16)17)5-7-15(8-6-13)12(18)14-9-10-3-4-10/h10H,2-9H2,1H3,(H,14,18)(H,16,17). The first-order chi connectivity index (χ1) is 8.57. The van der Waals surface area contributed by atoms with Crippen LogP contribution in [0.2, 0.25) is 0 Å². The van der Waals surface area contributed by atoms with Crippen molar-refractivity contribution in [2.24, 2.45) is 11.3 Å². The summed E-state index contributed by atoms with van der Waals surface area (Å²) >= 11 is 0. The first kappa shape index (κ1) is 13.2. The number of piperidine rings is 1. The van der Waals surface area contributed by atoms with E-state index in [0.29, 0.717) is 38.3 Å². The Morgan fingerprint density at radius 1 is 1.33 bits per heavy atom. The number of rotatable bonds is 4. The van der Waals surface area contributed by atoms with Crippen LogP contribution in [0.15, 0.2) is 0 Å². The molecule has 102 valence electrons. The summed E-state index contributed by atoms with van der Waals surface area (Å²) in [5, 5.41) is 12.2. The summed E-state index contributed by atoms with van der Waals surface area (Å²) in [6.45, 7) is 3.79. The maximum atomic E-state index is 11.9. The van der Waals surface area contributed by atoms with E-state index in [9.17, 15) is 14.7 Å². The Bertz CT molecular complexity index is 331. The van der Waals surface area contributed by atoms with Gasteiger partial charge in [-0.1, -0.05) is 6.92 Å². The van der Waals surface area contributed by atoms with Gasteiger partial charge < -0.3 is 15.3 Å². The minimum atomic E-state index is -0.719. The molecule has 5 nitrogen and oxygen atoms in total. The normalized spacial score (nSPS) is 22.6. The highest BCUT2D eigenvalue weighted by Gasteiger charge is 2.40. The molecule has 0 radical (unpaired) electrons. The first-order valence-corrected chi connectivity index (χ1v) is 6.83. The van der Waals surface area contributed by atoms with Crippen LogP contribution < -0.4 is 5.32 Å². The number of nitrogens with zero attached hydrogens (tertiary/aromatic N) is 1.